The molecule has 0 spiro atoms. The van der Waals surface area contributed by atoms with Crippen molar-refractivity contribution in [2.75, 3.05) is 13.1 Å². The first kappa shape index (κ1) is 19.3. The molecule has 0 rings (SSSR count). The van der Waals surface area contributed by atoms with Crippen LogP contribution < -0.4 is 22.1 Å². The highest BCUT2D eigenvalue weighted by atomic mass is 35.5. The SMILES string of the molecule is CCCCC(NC(N)=O)C(=O)NCCCCN.Cl. The minimum Gasteiger partial charge on any atom is -0.354 e. The molecule has 6 N–H and O–H groups in total. The number of rotatable bonds is 9. The van der Waals surface area contributed by atoms with Crippen molar-refractivity contribution < 1.29 is 9.59 Å². The van der Waals surface area contributed by atoms with E-state index in [1.165, 1.54) is 0 Å². The Morgan fingerprint density at radius 1 is 1.22 bits per heavy atom. The largest absolute Gasteiger partial charge is 0.354 e. The number of nitrogens with two attached hydrogens (primary N) is 2. The summed E-state index contributed by atoms with van der Waals surface area (Å²) in [7, 11) is 0. The third-order valence-corrected chi connectivity index (χ3v) is 2.41. The van der Waals surface area contributed by atoms with Crippen molar-refractivity contribution >= 4 is 24.3 Å². The van der Waals surface area contributed by atoms with E-state index in [4.69, 9.17) is 11.5 Å². The fourth-order valence-corrected chi connectivity index (χ4v) is 1.45. The van der Waals surface area contributed by atoms with Crippen LogP contribution in [-0.2, 0) is 4.79 Å². The summed E-state index contributed by atoms with van der Waals surface area (Å²) in [5.41, 5.74) is 10.4. The van der Waals surface area contributed by atoms with E-state index in [-0.39, 0.29) is 18.3 Å². The monoisotopic (exact) mass is 280 g/mol. The Labute approximate surface area is 115 Å². The van der Waals surface area contributed by atoms with Gasteiger partial charge in [-0.3, -0.25) is 4.79 Å². The number of urea groups is 1. The lowest BCUT2D eigenvalue weighted by Crippen LogP contribution is -2.48. The van der Waals surface area contributed by atoms with Crippen molar-refractivity contribution in [1.29, 1.82) is 0 Å². The van der Waals surface area contributed by atoms with Gasteiger partial charge in [-0.2, -0.15) is 0 Å². The number of amides is 3. The highest BCUT2D eigenvalue weighted by Crippen LogP contribution is 2.00. The molecule has 0 saturated carbocycles. The Bertz CT molecular complexity index is 239. The molecule has 7 heteroatoms. The summed E-state index contributed by atoms with van der Waals surface area (Å²) >= 11 is 0. The van der Waals surface area contributed by atoms with E-state index in [1.807, 2.05) is 6.92 Å². The van der Waals surface area contributed by atoms with Gasteiger partial charge in [0.25, 0.3) is 0 Å². The number of halogens is 1. The van der Waals surface area contributed by atoms with Crippen LogP contribution in [0.3, 0.4) is 0 Å². The topological polar surface area (TPSA) is 110 Å². The van der Waals surface area contributed by atoms with Gasteiger partial charge in [0.15, 0.2) is 0 Å². The van der Waals surface area contributed by atoms with E-state index >= 15 is 0 Å². The fourth-order valence-electron chi connectivity index (χ4n) is 1.45. The highest BCUT2D eigenvalue weighted by molar-refractivity contribution is 5.86. The van der Waals surface area contributed by atoms with Crippen LogP contribution in [0.4, 0.5) is 4.79 Å². The van der Waals surface area contributed by atoms with Gasteiger partial charge in [0.05, 0.1) is 0 Å². The predicted molar refractivity (Wildman–Crippen MR) is 74.6 cm³/mol. The molecule has 0 aliphatic carbocycles. The van der Waals surface area contributed by atoms with Gasteiger partial charge in [0.1, 0.15) is 6.04 Å². The third kappa shape index (κ3) is 10.2. The number of carbonyl (C=O) groups excluding carboxylic acids is 2. The average Bonchev–Trinajstić information content (AvgIpc) is 2.29. The molecular formula is C11H25ClN4O2. The van der Waals surface area contributed by atoms with Crippen LogP contribution in [0.2, 0.25) is 0 Å². The smallest absolute Gasteiger partial charge is 0.312 e. The molecule has 0 heterocycles. The normalized spacial score (nSPS) is 11.2. The Morgan fingerprint density at radius 2 is 1.89 bits per heavy atom. The lowest BCUT2D eigenvalue weighted by Gasteiger charge is -2.16. The molecular weight excluding hydrogens is 256 g/mol. The third-order valence-electron chi connectivity index (χ3n) is 2.41. The number of primary amides is 1. The summed E-state index contributed by atoms with van der Waals surface area (Å²) in [6, 6.07) is -1.19. The summed E-state index contributed by atoms with van der Waals surface area (Å²) < 4.78 is 0. The Balaban J connectivity index is 0. The second-order valence-electron chi connectivity index (χ2n) is 3.99. The van der Waals surface area contributed by atoms with Gasteiger partial charge in [-0.25, -0.2) is 4.79 Å². The number of carbonyl (C=O) groups is 2. The van der Waals surface area contributed by atoms with E-state index < -0.39 is 12.1 Å². The molecule has 0 aromatic rings. The summed E-state index contributed by atoms with van der Waals surface area (Å²) in [4.78, 5) is 22.5. The lowest BCUT2D eigenvalue weighted by molar-refractivity contribution is -0.123. The number of unbranched alkanes of at least 4 members (excludes halogenated alkanes) is 2. The van der Waals surface area contributed by atoms with Crippen LogP contribution in [0, 0.1) is 0 Å². The summed E-state index contributed by atoms with van der Waals surface area (Å²) in [6.45, 7) is 3.23. The van der Waals surface area contributed by atoms with Gasteiger partial charge in [-0.15, -0.1) is 12.4 Å². The second-order valence-corrected chi connectivity index (χ2v) is 3.99. The van der Waals surface area contributed by atoms with Crippen molar-refractivity contribution in [2.24, 2.45) is 11.5 Å². The minimum atomic E-state index is -0.664. The maximum Gasteiger partial charge on any atom is 0.312 e. The van der Waals surface area contributed by atoms with Crippen LogP contribution in [0.5, 0.6) is 0 Å². The van der Waals surface area contributed by atoms with Crippen LogP contribution >= 0.6 is 12.4 Å². The molecule has 6 nitrogen and oxygen atoms in total. The van der Waals surface area contributed by atoms with Gasteiger partial charge in [0.2, 0.25) is 5.91 Å². The van der Waals surface area contributed by atoms with Gasteiger partial charge in [-0.05, 0) is 25.8 Å². The van der Waals surface area contributed by atoms with Crippen molar-refractivity contribution in [1.82, 2.24) is 10.6 Å². The van der Waals surface area contributed by atoms with Crippen LogP contribution in [0.15, 0.2) is 0 Å². The van der Waals surface area contributed by atoms with Crippen LogP contribution in [0.1, 0.15) is 39.0 Å². The molecule has 0 aliphatic heterocycles. The maximum atomic E-state index is 11.7. The van der Waals surface area contributed by atoms with Crippen LogP contribution in [0.25, 0.3) is 0 Å². The highest BCUT2D eigenvalue weighted by Gasteiger charge is 2.18. The zero-order chi connectivity index (χ0) is 13.1. The molecule has 1 unspecified atom stereocenters. The zero-order valence-corrected chi connectivity index (χ0v) is 11.7. The van der Waals surface area contributed by atoms with E-state index in [0.29, 0.717) is 19.5 Å². The second kappa shape index (κ2) is 12.4. The molecule has 0 aromatic heterocycles. The fraction of sp³-hybridized carbons (Fsp3) is 0.818. The molecule has 0 fully saturated rings. The quantitative estimate of drug-likeness (QED) is 0.461. The molecule has 0 radical (unpaired) electrons. The first-order chi connectivity index (χ1) is 8.11. The number of hydrogen-bond acceptors (Lipinski definition) is 3. The van der Waals surface area contributed by atoms with E-state index in [9.17, 15) is 9.59 Å². The lowest BCUT2D eigenvalue weighted by atomic mass is 10.1. The molecule has 0 saturated heterocycles. The van der Waals surface area contributed by atoms with Crippen molar-refractivity contribution in [3.63, 3.8) is 0 Å². The molecule has 108 valence electrons. The predicted octanol–water partition coefficient (Wildman–Crippen LogP) is 0.490. The molecule has 0 aliphatic rings. The van der Waals surface area contributed by atoms with Crippen molar-refractivity contribution in [3.8, 4) is 0 Å². The maximum absolute atomic E-state index is 11.7. The summed E-state index contributed by atoms with van der Waals surface area (Å²) in [6.07, 6.45) is 4.18. The van der Waals surface area contributed by atoms with Crippen LogP contribution in [-0.4, -0.2) is 31.1 Å². The van der Waals surface area contributed by atoms with Gasteiger partial charge >= 0.3 is 6.03 Å². The van der Waals surface area contributed by atoms with Gasteiger partial charge in [-0.1, -0.05) is 19.8 Å². The number of hydrogen-bond donors (Lipinski definition) is 4. The molecule has 0 bridgehead atoms. The molecule has 18 heavy (non-hydrogen) atoms. The first-order valence-electron chi connectivity index (χ1n) is 6.15. The Hall–Kier alpha value is -1.01. The van der Waals surface area contributed by atoms with Gasteiger partial charge in [0, 0.05) is 6.54 Å². The Morgan fingerprint density at radius 3 is 2.39 bits per heavy atom. The minimum absolute atomic E-state index is 0. The van der Waals surface area contributed by atoms with Crippen molar-refractivity contribution in [3.05, 3.63) is 0 Å². The first-order valence-corrected chi connectivity index (χ1v) is 6.15. The Kier molecular flexibility index (Phi) is 13.4. The average molecular weight is 281 g/mol. The standard InChI is InChI=1S/C11H24N4O2.ClH/c1-2-3-6-9(15-11(13)17)10(16)14-8-5-4-7-12;/h9H,2-8,12H2,1H3,(H,14,16)(H3,13,15,17);1H. The van der Waals surface area contributed by atoms with Crippen molar-refractivity contribution in [2.45, 2.75) is 45.1 Å². The molecule has 1 atom stereocenters. The van der Waals surface area contributed by atoms with E-state index in [1.54, 1.807) is 0 Å². The molecule has 0 aromatic carbocycles. The summed E-state index contributed by atoms with van der Waals surface area (Å²) in [5.74, 6) is -0.172. The van der Waals surface area contributed by atoms with Gasteiger partial charge < -0.3 is 22.1 Å². The molecule has 3 amide bonds. The van der Waals surface area contributed by atoms with E-state index in [0.717, 1.165) is 25.7 Å². The zero-order valence-electron chi connectivity index (χ0n) is 10.9. The summed E-state index contributed by atoms with van der Waals surface area (Å²) in [5, 5.41) is 5.22. The van der Waals surface area contributed by atoms with E-state index in [2.05, 4.69) is 10.6 Å². The number of nitrogens with one attached hydrogen (secondary N) is 2.